The van der Waals surface area contributed by atoms with Crippen molar-refractivity contribution in [2.45, 2.75) is 19.2 Å². The van der Waals surface area contributed by atoms with Crippen LogP contribution in [0.15, 0.2) is 18.2 Å². The molecule has 0 aliphatic rings. The van der Waals surface area contributed by atoms with Gasteiger partial charge in [-0.3, -0.25) is 4.18 Å². The van der Waals surface area contributed by atoms with Gasteiger partial charge in [-0.25, -0.2) is 9.97 Å². The zero-order valence-electron chi connectivity index (χ0n) is 12.3. The number of pyridine rings is 2. The maximum Gasteiger partial charge on any atom is 0.434 e. The zero-order valence-corrected chi connectivity index (χ0v) is 13.1. The highest BCUT2D eigenvalue weighted by Crippen LogP contribution is 2.32. The summed E-state index contributed by atoms with van der Waals surface area (Å²) < 4.78 is 65.7. The van der Waals surface area contributed by atoms with Gasteiger partial charge in [-0.15, -0.1) is 0 Å². The highest BCUT2D eigenvalue weighted by Gasteiger charge is 2.36. The second-order valence-electron chi connectivity index (χ2n) is 4.90. The largest absolute Gasteiger partial charge is 0.545 e. The quantitative estimate of drug-likeness (QED) is 0.747. The maximum atomic E-state index is 12.9. The molecule has 1 unspecified atom stereocenters. The van der Waals surface area contributed by atoms with E-state index in [0.717, 1.165) is 12.3 Å². The molecule has 24 heavy (non-hydrogen) atoms. The molecule has 2 heterocycles. The highest BCUT2D eigenvalue weighted by atomic mass is 32.2. The molecular formula is C13H10F3N2O5S-. The molecule has 0 spiro atoms. The number of carbonyl (C=O) groups is 1. The van der Waals surface area contributed by atoms with Crippen molar-refractivity contribution in [1.82, 2.24) is 9.97 Å². The fraction of sp³-hybridized carbons (Fsp3) is 0.308. The molecule has 0 N–H and O–H groups in total. The van der Waals surface area contributed by atoms with Crippen LogP contribution >= 0.6 is 0 Å². The predicted octanol–water partition coefficient (Wildman–Crippen LogP) is 1.05. The number of aromatic carboxylic acids is 1. The third kappa shape index (κ3) is 3.97. The molecule has 2 rings (SSSR count). The minimum absolute atomic E-state index is 0.0229. The highest BCUT2D eigenvalue weighted by molar-refractivity contribution is 7.86. The van der Waals surface area contributed by atoms with Gasteiger partial charge < -0.3 is 9.90 Å². The molecule has 7 nitrogen and oxygen atoms in total. The Morgan fingerprint density at radius 3 is 2.42 bits per heavy atom. The fourth-order valence-electron chi connectivity index (χ4n) is 1.98. The lowest BCUT2D eigenvalue weighted by Gasteiger charge is -2.15. The number of hydrogen-bond acceptors (Lipinski definition) is 7. The summed E-state index contributed by atoms with van der Waals surface area (Å²) in [6.45, 7) is 1.34. The van der Waals surface area contributed by atoms with Gasteiger partial charge in [-0.05, 0) is 25.1 Å². The standard InChI is InChI=1S/C13H11F3N2O5S/c1-6(23-24(2,21)22)9-4-3-7-5-8(12(19)20)10(13(14,15)16)18-11(7)17-9/h3-6H,1-2H3,(H,19,20)/p-1. The topological polar surface area (TPSA) is 109 Å². The van der Waals surface area contributed by atoms with Crippen LogP contribution in [0.1, 0.15) is 34.8 Å². The number of aromatic nitrogens is 2. The average Bonchev–Trinajstić information content (AvgIpc) is 2.42. The number of carbonyl (C=O) groups excluding carboxylic acids is 1. The van der Waals surface area contributed by atoms with Crippen LogP contribution in [0, 0.1) is 0 Å². The minimum Gasteiger partial charge on any atom is -0.545 e. The third-order valence-electron chi connectivity index (χ3n) is 2.92. The Labute approximate surface area is 134 Å². The summed E-state index contributed by atoms with van der Waals surface area (Å²) in [6.07, 6.45) is -5.26. The molecule has 0 radical (unpaired) electrons. The zero-order chi connectivity index (χ0) is 18.3. The normalized spacial score (nSPS) is 13.9. The van der Waals surface area contributed by atoms with Crippen LogP contribution in [0.4, 0.5) is 13.2 Å². The molecule has 0 saturated heterocycles. The summed E-state index contributed by atoms with van der Waals surface area (Å²) in [4.78, 5) is 18.0. The second-order valence-corrected chi connectivity index (χ2v) is 6.50. The van der Waals surface area contributed by atoms with Crippen molar-refractivity contribution in [2.75, 3.05) is 6.26 Å². The lowest BCUT2D eigenvalue weighted by molar-refractivity contribution is -0.255. The van der Waals surface area contributed by atoms with E-state index in [2.05, 4.69) is 14.2 Å². The van der Waals surface area contributed by atoms with E-state index in [9.17, 15) is 31.5 Å². The molecule has 2 aromatic heterocycles. The first-order valence-electron chi connectivity index (χ1n) is 6.37. The van der Waals surface area contributed by atoms with Gasteiger partial charge in [-0.1, -0.05) is 0 Å². The third-order valence-corrected chi connectivity index (χ3v) is 3.56. The molecule has 1 atom stereocenters. The van der Waals surface area contributed by atoms with Gasteiger partial charge in [0, 0.05) is 10.9 Å². The molecular weight excluding hydrogens is 353 g/mol. The Morgan fingerprint density at radius 1 is 1.29 bits per heavy atom. The van der Waals surface area contributed by atoms with E-state index in [1.54, 1.807) is 0 Å². The Kier molecular flexibility index (Phi) is 4.50. The number of carboxylic acids is 1. The average molecular weight is 363 g/mol. The number of nitrogens with zero attached hydrogens (tertiary/aromatic N) is 2. The summed E-state index contributed by atoms with van der Waals surface area (Å²) >= 11 is 0. The van der Waals surface area contributed by atoms with Gasteiger partial charge in [0.15, 0.2) is 11.3 Å². The van der Waals surface area contributed by atoms with Crippen LogP contribution in [0.5, 0.6) is 0 Å². The van der Waals surface area contributed by atoms with Crippen molar-refractivity contribution in [3.05, 3.63) is 35.2 Å². The summed E-state index contributed by atoms with van der Waals surface area (Å²) in [6, 6.07) is 3.31. The monoisotopic (exact) mass is 363 g/mol. The molecule has 130 valence electrons. The van der Waals surface area contributed by atoms with E-state index in [1.807, 2.05) is 0 Å². The van der Waals surface area contributed by atoms with Crippen LogP contribution in [0.2, 0.25) is 0 Å². The molecule has 0 aliphatic heterocycles. The Balaban J connectivity index is 2.60. The minimum atomic E-state index is -5.02. The van der Waals surface area contributed by atoms with Crippen molar-refractivity contribution in [1.29, 1.82) is 0 Å². The van der Waals surface area contributed by atoms with E-state index < -0.39 is 45.3 Å². The second kappa shape index (κ2) is 5.98. The van der Waals surface area contributed by atoms with Gasteiger partial charge in [0.1, 0.15) is 6.10 Å². The van der Waals surface area contributed by atoms with Crippen LogP contribution < -0.4 is 5.11 Å². The van der Waals surface area contributed by atoms with E-state index in [0.29, 0.717) is 0 Å². The molecule has 0 fully saturated rings. The maximum absolute atomic E-state index is 12.9. The lowest BCUT2D eigenvalue weighted by Crippen LogP contribution is -2.27. The van der Waals surface area contributed by atoms with Crippen LogP contribution in [0.3, 0.4) is 0 Å². The van der Waals surface area contributed by atoms with Crippen molar-refractivity contribution in [2.24, 2.45) is 0 Å². The Hall–Kier alpha value is -2.27. The van der Waals surface area contributed by atoms with Crippen LogP contribution in [0.25, 0.3) is 11.0 Å². The lowest BCUT2D eigenvalue weighted by atomic mass is 10.1. The van der Waals surface area contributed by atoms with E-state index >= 15 is 0 Å². The van der Waals surface area contributed by atoms with Crippen molar-refractivity contribution >= 4 is 27.1 Å². The van der Waals surface area contributed by atoms with Gasteiger partial charge in [0.2, 0.25) is 0 Å². The molecule has 0 saturated carbocycles. The SMILES string of the molecule is CC(OS(C)(=O)=O)c1ccc2cc(C(=O)[O-])c(C(F)(F)F)nc2n1. The number of halogens is 3. The first-order valence-corrected chi connectivity index (χ1v) is 8.18. The van der Waals surface area contributed by atoms with Crippen molar-refractivity contribution in [3.63, 3.8) is 0 Å². The molecule has 11 heteroatoms. The van der Waals surface area contributed by atoms with Crippen molar-refractivity contribution in [3.8, 4) is 0 Å². The number of alkyl halides is 3. The Morgan fingerprint density at radius 2 is 1.92 bits per heavy atom. The van der Waals surface area contributed by atoms with Gasteiger partial charge >= 0.3 is 6.18 Å². The van der Waals surface area contributed by atoms with Crippen LogP contribution in [-0.2, 0) is 20.5 Å². The van der Waals surface area contributed by atoms with E-state index in [4.69, 9.17) is 0 Å². The predicted molar refractivity (Wildman–Crippen MR) is 73.2 cm³/mol. The molecule has 0 bridgehead atoms. The van der Waals surface area contributed by atoms with Gasteiger partial charge in [-0.2, -0.15) is 21.6 Å². The number of hydrogen-bond donors (Lipinski definition) is 0. The van der Waals surface area contributed by atoms with Crippen molar-refractivity contribution < 1.29 is 35.7 Å². The van der Waals surface area contributed by atoms with Gasteiger partial charge in [0.05, 0.1) is 17.9 Å². The summed E-state index contributed by atoms with van der Waals surface area (Å²) in [5.41, 5.74) is -3.12. The Bertz CT molecular complexity index is 912. The number of rotatable bonds is 4. The molecule has 0 amide bonds. The molecule has 0 aromatic carbocycles. The first kappa shape index (κ1) is 18.1. The summed E-state index contributed by atoms with van der Waals surface area (Å²) in [5.74, 6) is -2.02. The molecule has 0 aliphatic carbocycles. The summed E-state index contributed by atoms with van der Waals surface area (Å²) in [5, 5.41) is 10.9. The van der Waals surface area contributed by atoms with Crippen LogP contribution in [-0.4, -0.2) is 30.6 Å². The number of carboxylic acid groups (broad SMARTS) is 1. The van der Waals surface area contributed by atoms with Gasteiger partial charge in [0.25, 0.3) is 10.1 Å². The van der Waals surface area contributed by atoms with E-state index in [1.165, 1.54) is 19.1 Å². The fourth-order valence-corrected chi connectivity index (χ4v) is 2.60. The smallest absolute Gasteiger partial charge is 0.434 e. The first-order chi connectivity index (χ1) is 10.9. The molecule has 2 aromatic rings. The van der Waals surface area contributed by atoms with E-state index in [-0.39, 0.29) is 11.1 Å². The number of fused-ring (bicyclic) bond motifs is 1. The summed E-state index contributed by atoms with van der Waals surface area (Å²) in [7, 11) is -3.80.